The zero-order valence-electron chi connectivity index (χ0n) is 11.9. The first-order valence-electron chi connectivity index (χ1n) is 6.87. The molecule has 0 aromatic rings. The molecule has 0 heterocycles. The molecule has 0 aliphatic carbocycles. The number of aliphatic hydroxyl groups is 1. The zero-order chi connectivity index (χ0) is 13.3. The lowest BCUT2D eigenvalue weighted by Gasteiger charge is -2.19. The molecule has 0 radical (unpaired) electrons. The first kappa shape index (κ1) is 17.4. The summed E-state index contributed by atoms with van der Waals surface area (Å²) in [6.07, 6.45) is 9.16. The molecule has 2 unspecified atom stereocenters. The summed E-state index contributed by atoms with van der Waals surface area (Å²) in [4.78, 5) is 0. The van der Waals surface area contributed by atoms with Crippen LogP contribution in [-0.2, 0) is 0 Å². The molecule has 0 aliphatic rings. The fourth-order valence-corrected chi connectivity index (χ4v) is 2.82. The Balaban J connectivity index is 3.60. The monoisotopic (exact) mass is 352 g/mol. The van der Waals surface area contributed by atoms with Crippen molar-refractivity contribution >= 4 is 22.6 Å². The number of rotatable bonds is 9. The molecule has 0 fully saturated rings. The number of hydrogen-bond donors (Lipinski definition) is 1. The molecule has 0 bridgehead atoms. The van der Waals surface area contributed by atoms with E-state index in [2.05, 4.69) is 43.4 Å². The summed E-state index contributed by atoms with van der Waals surface area (Å²) in [6, 6.07) is 0. The summed E-state index contributed by atoms with van der Waals surface area (Å²) in [5.74, 6) is 1.63. The van der Waals surface area contributed by atoms with Crippen LogP contribution in [0.5, 0.6) is 0 Å². The van der Waals surface area contributed by atoms with E-state index in [1.165, 1.54) is 25.7 Å². The van der Waals surface area contributed by atoms with Gasteiger partial charge in [0, 0.05) is 0 Å². The van der Waals surface area contributed by atoms with Gasteiger partial charge >= 0.3 is 0 Å². The Hall–Kier alpha value is 0.430. The van der Waals surface area contributed by atoms with Gasteiger partial charge in [-0.15, -0.1) is 0 Å². The van der Waals surface area contributed by atoms with Gasteiger partial charge in [-0.25, -0.2) is 0 Å². The van der Waals surface area contributed by atoms with Crippen molar-refractivity contribution in [2.24, 2.45) is 11.8 Å². The van der Waals surface area contributed by atoms with E-state index in [4.69, 9.17) is 0 Å². The Labute approximate surface area is 121 Å². The van der Waals surface area contributed by atoms with Gasteiger partial charge in [0.2, 0.25) is 0 Å². The lowest BCUT2D eigenvalue weighted by atomic mass is 9.92. The Kier molecular flexibility index (Phi) is 9.61. The van der Waals surface area contributed by atoms with E-state index in [1.54, 1.807) is 0 Å². The SMILES string of the molecule is CC(C)CCCC(C)CCCC(C)(O)C=CI. The van der Waals surface area contributed by atoms with E-state index >= 15 is 0 Å². The predicted molar refractivity (Wildman–Crippen MR) is 85.5 cm³/mol. The molecule has 1 N–H and O–H groups in total. The minimum atomic E-state index is -0.612. The minimum absolute atomic E-state index is 0.612. The molecule has 17 heavy (non-hydrogen) atoms. The first-order valence-corrected chi connectivity index (χ1v) is 8.12. The molecule has 0 spiro atoms. The molecule has 0 amide bonds. The minimum Gasteiger partial charge on any atom is -0.386 e. The van der Waals surface area contributed by atoms with Crippen molar-refractivity contribution in [3.8, 4) is 0 Å². The second-order valence-electron chi connectivity index (χ2n) is 5.97. The van der Waals surface area contributed by atoms with Crippen LogP contribution < -0.4 is 0 Å². The summed E-state index contributed by atoms with van der Waals surface area (Å²) < 4.78 is 1.91. The van der Waals surface area contributed by atoms with Gasteiger partial charge in [-0.05, 0) is 35.3 Å². The number of hydrogen-bond acceptors (Lipinski definition) is 1. The van der Waals surface area contributed by atoms with E-state index in [1.807, 2.05) is 17.1 Å². The van der Waals surface area contributed by atoms with Crippen LogP contribution in [0, 0.1) is 11.8 Å². The molecule has 2 heteroatoms. The molecule has 102 valence electrons. The van der Waals surface area contributed by atoms with Crippen LogP contribution in [0.3, 0.4) is 0 Å². The molecule has 0 aliphatic heterocycles. The highest BCUT2D eigenvalue weighted by Gasteiger charge is 2.15. The molecular formula is C15H29IO. The summed E-state index contributed by atoms with van der Waals surface area (Å²) in [6.45, 7) is 8.81. The van der Waals surface area contributed by atoms with E-state index < -0.39 is 5.60 Å². The van der Waals surface area contributed by atoms with Crippen molar-refractivity contribution in [2.75, 3.05) is 0 Å². The van der Waals surface area contributed by atoms with E-state index in [9.17, 15) is 5.11 Å². The Morgan fingerprint density at radius 1 is 1.12 bits per heavy atom. The normalized spacial score (nSPS) is 17.6. The van der Waals surface area contributed by atoms with Crippen molar-refractivity contribution in [3.63, 3.8) is 0 Å². The van der Waals surface area contributed by atoms with Gasteiger partial charge < -0.3 is 5.11 Å². The topological polar surface area (TPSA) is 20.2 Å². The Morgan fingerprint density at radius 2 is 1.71 bits per heavy atom. The van der Waals surface area contributed by atoms with Crippen molar-refractivity contribution in [1.29, 1.82) is 0 Å². The Bertz CT molecular complexity index is 209. The van der Waals surface area contributed by atoms with Crippen LogP contribution in [0.15, 0.2) is 10.2 Å². The fourth-order valence-electron chi connectivity index (χ4n) is 2.05. The molecule has 0 rings (SSSR count). The van der Waals surface area contributed by atoms with Gasteiger partial charge in [-0.1, -0.05) is 75.5 Å². The van der Waals surface area contributed by atoms with Crippen molar-refractivity contribution in [1.82, 2.24) is 0 Å². The standard InChI is InChI=1S/C15H29IO/c1-13(2)7-5-8-14(3)9-6-10-15(4,17)11-12-16/h11-14,17H,5-10H2,1-4H3. The van der Waals surface area contributed by atoms with Crippen LogP contribution in [0.2, 0.25) is 0 Å². The van der Waals surface area contributed by atoms with Gasteiger partial charge in [-0.2, -0.15) is 0 Å². The fraction of sp³-hybridized carbons (Fsp3) is 0.867. The summed E-state index contributed by atoms with van der Waals surface area (Å²) in [5, 5.41) is 9.98. The number of halogens is 1. The van der Waals surface area contributed by atoms with E-state index in [0.717, 1.165) is 24.7 Å². The Morgan fingerprint density at radius 3 is 2.24 bits per heavy atom. The maximum absolute atomic E-state index is 9.98. The highest BCUT2D eigenvalue weighted by Crippen LogP contribution is 2.21. The lowest BCUT2D eigenvalue weighted by Crippen LogP contribution is -2.20. The van der Waals surface area contributed by atoms with Crippen molar-refractivity contribution in [2.45, 2.75) is 71.8 Å². The lowest BCUT2D eigenvalue weighted by molar-refractivity contribution is 0.0973. The molecule has 0 saturated heterocycles. The summed E-state index contributed by atoms with van der Waals surface area (Å²) >= 11 is 2.16. The molecule has 2 atom stereocenters. The smallest absolute Gasteiger partial charge is 0.0807 e. The predicted octanol–water partition coefficient (Wildman–Crippen LogP) is 5.32. The third-order valence-electron chi connectivity index (χ3n) is 3.28. The van der Waals surface area contributed by atoms with Gasteiger partial charge in [0.15, 0.2) is 0 Å². The molecule has 0 aromatic heterocycles. The second kappa shape index (κ2) is 9.37. The average Bonchev–Trinajstić information content (AvgIpc) is 2.16. The largest absolute Gasteiger partial charge is 0.386 e. The highest BCUT2D eigenvalue weighted by atomic mass is 127. The van der Waals surface area contributed by atoms with Gasteiger partial charge in [0.1, 0.15) is 0 Å². The third-order valence-corrected chi connectivity index (χ3v) is 3.64. The van der Waals surface area contributed by atoms with Crippen LogP contribution in [0.25, 0.3) is 0 Å². The maximum Gasteiger partial charge on any atom is 0.0807 e. The summed E-state index contributed by atoms with van der Waals surface area (Å²) in [7, 11) is 0. The average molecular weight is 352 g/mol. The van der Waals surface area contributed by atoms with Crippen LogP contribution in [-0.4, -0.2) is 10.7 Å². The van der Waals surface area contributed by atoms with Gasteiger partial charge in [-0.3, -0.25) is 0 Å². The highest BCUT2D eigenvalue weighted by molar-refractivity contribution is 14.1. The van der Waals surface area contributed by atoms with Gasteiger partial charge in [0.25, 0.3) is 0 Å². The van der Waals surface area contributed by atoms with Crippen LogP contribution in [0.1, 0.15) is 66.2 Å². The molecular weight excluding hydrogens is 323 g/mol. The first-order chi connectivity index (χ1) is 7.87. The van der Waals surface area contributed by atoms with E-state index in [0.29, 0.717) is 0 Å². The second-order valence-corrected chi connectivity index (χ2v) is 6.69. The quantitative estimate of drug-likeness (QED) is 0.557. The maximum atomic E-state index is 9.98. The molecule has 0 aromatic carbocycles. The van der Waals surface area contributed by atoms with Crippen molar-refractivity contribution < 1.29 is 5.11 Å². The van der Waals surface area contributed by atoms with Crippen LogP contribution in [0.4, 0.5) is 0 Å². The van der Waals surface area contributed by atoms with E-state index in [-0.39, 0.29) is 0 Å². The molecule has 1 nitrogen and oxygen atoms in total. The van der Waals surface area contributed by atoms with Gasteiger partial charge in [0.05, 0.1) is 5.60 Å². The van der Waals surface area contributed by atoms with Crippen LogP contribution >= 0.6 is 22.6 Å². The summed E-state index contributed by atoms with van der Waals surface area (Å²) in [5.41, 5.74) is -0.612. The zero-order valence-corrected chi connectivity index (χ0v) is 14.0. The van der Waals surface area contributed by atoms with Crippen molar-refractivity contribution in [3.05, 3.63) is 10.2 Å². The third kappa shape index (κ3) is 11.3. The molecule has 0 saturated carbocycles.